The lowest BCUT2D eigenvalue weighted by atomic mass is 10.1. The number of nitrogens with zero attached hydrogens (tertiary/aromatic N) is 5. The van der Waals surface area contributed by atoms with E-state index >= 15 is 0 Å². The second-order valence-corrected chi connectivity index (χ2v) is 8.21. The lowest BCUT2D eigenvalue weighted by molar-refractivity contribution is -0.133. The molecule has 2 aromatic carbocycles. The first-order valence-electron chi connectivity index (χ1n) is 11.3. The van der Waals surface area contributed by atoms with Crippen LogP contribution in [0.4, 0.5) is 5.69 Å². The van der Waals surface area contributed by atoms with Crippen LogP contribution in [-0.2, 0) is 11.2 Å². The third-order valence-corrected chi connectivity index (χ3v) is 6.09. The topological polar surface area (TPSA) is 103 Å². The molecule has 0 unspecified atom stereocenters. The first-order chi connectivity index (χ1) is 16.2. The molecule has 9 heteroatoms. The van der Waals surface area contributed by atoms with Gasteiger partial charge in [0.05, 0.1) is 0 Å². The number of rotatable bonds is 7. The van der Waals surface area contributed by atoms with Crippen molar-refractivity contribution in [1.82, 2.24) is 30.5 Å². The summed E-state index contributed by atoms with van der Waals surface area (Å²) in [6.07, 6.45) is 4.17. The normalized spacial score (nSPS) is 14.1. The number of hydrogen-bond acceptors (Lipinski definition) is 6. The molecule has 0 atom stereocenters. The molecule has 3 heterocycles. The van der Waals surface area contributed by atoms with Crippen LogP contribution in [0.5, 0.6) is 5.75 Å². The zero-order valence-corrected chi connectivity index (χ0v) is 18.6. The number of ether oxygens (including phenoxy) is 1. The minimum absolute atomic E-state index is 0.0186. The van der Waals surface area contributed by atoms with Gasteiger partial charge in [-0.25, -0.2) is 0 Å². The lowest BCUT2D eigenvalue weighted by Gasteiger charge is -2.36. The third kappa shape index (κ3) is 4.52. The van der Waals surface area contributed by atoms with Crippen LogP contribution in [0.2, 0.25) is 0 Å². The van der Waals surface area contributed by atoms with Gasteiger partial charge in [0.15, 0.2) is 6.61 Å². The number of fused-ring (bicyclic) bond motifs is 1. The predicted octanol–water partition coefficient (Wildman–Crippen LogP) is 3.03. The fraction of sp³-hybridized carbons (Fsp3) is 0.333. The van der Waals surface area contributed by atoms with E-state index in [0.717, 1.165) is 48.4 Å². The lowest BCUT2D eigenvalue weighted by Crippen LogP contribution is -2.50. The monoisotopic (exact) mass is 445 g/mol. The Morgan fingerprint density at radius 1 is 1.09 bits per heavy atom. The Kier molecular flexibility index (Phi) is 5.93. The number of aromatic amines is 2. The van der Waals surface area contributed by atoms with Gasteiger partial charge >= 0.3 is 0 Å². The fourth-order valence-corrected chi connectivity index (χ4v) is 4.28. The van der Waals surface area contributed by atoms with Crippen molar-refractivity contribution in [3.05, 3.63) is 54.2 Å². The summed E-state index contributed by atoms with van der Waals surface area (Å²) in [5.74, 6) is 1.33. The van der Waals surface area contributed by atoms with E-state index in [-0.39, 0.29) is 12.5 Å². The number of amides is 1. The van der Waals surface area contributed by atoms with Gasteiger partial charge in [-0.1, -0.05) is 13.3 Å². The number of aryl methyl sites for hydroxylation is 1. The SMILES string of the molecule is CCCc1c[nH]c2ccc(OCC(=O)N3CCN(c4ccc(-c5nn[nH]n5)cc4)CC3)cc12. The number of aromatic nitrogens is 5. The Morgan fingerprint density at radius 2 is 1.91 bits per heavy atom. The minimum atomic E-state index is 0.0186. The van der Waals surface area contributed by atoms with Crippen molar-refractivity contribution < 1.29 is 9.53 Å². The number of carbonyl (C=O) groups is 1. The van der Waals surface area contributed by atoms with E-state index in [0.29, 0.717) is 18.9 Å². The molecule has 0 radical (unpaired) electrons. The Bertz CT molecular complexity index is 1210. The van der Waals surface area contributed by atoms with Crippen LogP contribution in [0, 0.1) is 0 Å². The van der Waals surface area contributed by atoms with Crippen molar-refractivity contribution in [2.75, 3.05) is 37.7 Å². The van der Waals surface area contributed by atoms with Gasteiger partial charge in [-0.2, -0.15) is 5.21 Å². The summed E-state index contributed by atoms with van der Waals surface area (Å²) in [7, 11) is 0. The van der Waals surface area contributed by atoms with Gasteiger partial charge < -0.3 is 19.5 Å². The van der Waals surface area contributed by atoms with Gasteiger partial charge in [-0.3, -0.25) is 4.79 Å². The highest BCUT2D eigenvalue weighted by molar-refractivity contribution is 5.85. The van der Waals surface area contributed by atoms with E-state index < -0.39 is 0 Å². The molecule has 0 bridgehead atoms. The van der Waals surface area contributed by atoms with Crippen molar-refractivity contribution in [1.29, 1.82) is 0 Å². The molecule has 1 aliphatic heterocycles. The number of carbonyl (C=O) groups excluding carboxylic acids is 1. The summed E-state index contributed by atoms with van der Waals surface area (Å²) in [4.78, 5) is 20.2. The number of nitrogens with one attached hydrogen (secondary N) is 2. The van der Waals surface area contributed by atoms with E-state index in [9.17, 15) is 4.79 Å². The highest BCUT2D eigenvalue weighted by atomic mass is 16.5. The third-order valence-electron chi connectivity index (χ3n) is 6.09. The molecule has 1 fully saturated rings. The number of tetrazole rings is 1. The Balaban J connectivity index is 1.14. The number of piperazine rings is 1. The maximum Gasteiger partial charge on any atom is 0.260 e. The summed E-state index contributed by atoms with van der Waals surface area (Å²) >= 11 is 0. The van der Waals surface area contributed by atoms with Crippen LogP contribution in [0.15, 0.2) is 48.7 Å². The standard InChI is InChI=1S/C24H27N7O2/c1-2-3-18-15-25-22-9-8-20(14-21(18)22)33-16-23(32)31-12-10-30(11-13-31)19-6-4-17(5-7-19)24-26-28-29-27-24/h4-9,14-15,25H,2-3,10-13,16H2,1H3,(H,26,27,28,29). The Labute approximate surface area is 191 Å². The summed E-state index contributed by atoms with van der Waals surface area (Å²) in [5.41, 5.74) is 4.41. The van der Waals surface area contributed by atoms with E-state index in [4.69, 9.17) is 4.74 Å². The maximum atomic E-state index is 12.7. The predicted molar refractivity (Wildman–Crippen MR) is 126 cm³/mol. The maximum absolute atomic E-state index is 12.7. The summed E-state index contributed by atoms with van der Waals surface area (Å²) in [6, 6.07) is 14.0. The first kappa shape index (κ1) is 21.0. The number of hydrogen-bond donors (Lipinski definition) is 2. The van der Waals surface area contributed by atoms with Crippen molar-refractivity contribution >= 4 is 22.5 Å². The molecule has 2 aromatic heterocycles. The zero-order chi connectivity index (χ0) is 22.6. The molecule has 0 aliphatic carbocycles. The zero-order valence-electron chi connectivity index (χ0n) is 18.6. The molecule has 1 amide bonds. The molecule has 170 valence electrons. The van der Waals surface area contributed by atoms with Crippen molar-refractivity contribution in [2.24, 2.45) is 0 Å². The van der Waals surface area contributed by atoms with Gasteiger partial charge in [0.2, 0.25) is 5.82 Å². The van der Waals surface area contributed by atoms with Crippen LogP contribution in [0.1, 0.15) is 18.9 Å². The molecule has 0 saturated carbocycles. The molecule has 33 heavy (non-hydrogen) atoms. The van der Waals surface area contributed by atoms with E-state index in [1.54, 1.807) is 0 Å². The van der Waals surface area contributed by atoms with Gasteiger partial charge in [0.1, 0.15) is 5.75 Å². The molecule has 4 aromatic rings. The van der Waals surface area contributed by atoms with Crippen molar-refractivity contribution in [3.8, 4) is 17.1 Å². The van der Waals surface area contributed by atoms with E-state index in [2.05, 4.69) is 55.8 Å². The highest BCUT2D eigenvalue weighted by Crippen LogP contribution is 2.25. The van der Waals surface area contributed by atoms with Crippen LogP contribution in [-0.4, -0.2) is 69.2 Å². The molecule has 5 rings (SSSR count). The van der Waals surface area contributed by atoms with Crippen LogP contribution in [0.25, 0.3) is 22.3 Å². The van der Waals surface area contributed by atoms with Crippen LogP contribution < -0.4 is 9.64 Å². The van der Waals surface area contributed by atoms with E-state index in [1.165, 1.54) is 10.9 Å². The number of benzene rings is 2. The second kappa shape index (κ2) is 9.32. The van der Waals surface area contributed by atoms with Crippen LogP contribution >= 0.6 is 0 Å². The van der Waals surface area contributed by atoms with Gasteiger partial charge in [-0.05, 0) is 59.7 Å². The first-order valence-corrected chi connectivity index (χ1v) is 11.3. The van der Waals surface area contributed by atoms with Gasteiger partial charge in [-0.15, -0.1) is 10.2 Å². The average Bonchev–Trinajstić information content (AvgIpc) is 3.54. The highest BCUT2D eigenvalue weighted by Gasteiger charge is 2.22. The van der Waals surface area contributed by atoms with Gasteiger partial charge in [0.25, 0.3) is 5.91 Å². The summed E-state index contributed by atoms with van der Waals surface area (Å²) in [6.45, 7) is 5.13. The largest absolute Gasteiger partial charge is 0.484 e. The molecule has 1 saturated heterocycles. The molecule has 1 aliphatic rings. The minimum Gasteiger partial charge on any atom is -0.484 e. The molecule has 9 nitrogen and oxygen atoms in total. The smallest absolute Gasteiger partial charge is 0.260 e. The summed E-state index contributed by atoms with van der Waals surface area (Å²) in [5, 5.41) is 15.2. The van der Waals surface area contributed by atoms with Crippen LogP contribution in [0.3, 0.4) is 0 Å². The molecule has 2 N–H and O–H groups in total. The number of anilines is 1. The Morgan fingerprint density at radius 3 is 2.64 bits per heavy atom. The molecule has 0 spiro atoms. The fourth-order valence-electron chi connectivity index (χ4n) is 4.28. The number of H-pyrrole nitrogens is 2. The molecular weight excluding hydrogens is 418 g/mol. The Hall–Kier alpha value is -3.88. The average molecular weight is 446 g/mol. The summed E-state index contributed by atoms with van der Waals surface area (Å²) < 4.78 is 5.85. The van der Waals surface area contributed by atoms with Gasteiger partial charge in [0, 0.05) is 54.5 Å². The van der Waals surface area contributed by atoms with E-state index in [1.807, 2.05) is 35.2 Å². The molecular formula is C24H27N7O2. The van der Waals surface area contributed by atoms with Crippen molar-refractivity contribution in [2.45, 2.75) is 19.8 Å². The second-order valence-electron chi connectivity index (χ2n) is 8.21. The van der Waals surface area contributed by atoms with Crippen molar-refractivity contribution in [3.63, 3.8) is 0 Å². The quantitative estimate of drug-likeness (QED) is 0.453.